The van der Waals surface area contributed by atoms with E-state index in [2.05, 4.69) is 25.7 Å². The number of likely N-dealkylation sites (tertiary alicyclic amines) is 1. The van der Waals surface area contributed by atoms with Gasteiger partial charge in [0, 0.05) is 19.2 Å². The number of ether oxygens (including phenoxy) is 2. The third-order valence-electron chi connectivity index (χ3n) is 7.07. The number of rotatable bonds is 6. The molecule has 0 bridgehead atoms. The van der Waals surface area contributed by atoms with Crippen LogP contribution in [0.2, 0.25) is 0 Å². The van der Waals surface area contributed by atoms with Crippen molar-refractivity contribution in [3.63, 3.8) is 0 Å². The molecule has 1 aliphatic carbocycles. The van der Waals surface area contributed by atoms with E-state index in [-0.39, 0.29) is 6.10 Å². The first kappa shape index (κ1) is 21.4. The topological polar surface area (TPSA) is 59.0 Å². The lowest BCUT2D eigenvalue weighted by molar-refractivity contribution is -0.280. The van der Waals surface area contributed by atoms with Crippen LogP contribution in [0.3, 0.4) is 0 Å². The van der Waals surface area contributed by atoms with Gasteiger partial charge in [0.25, 0.3) is 5.79 Å². The largest absolute Gasteiger partial charge is 0.420 e. The van der Waals surface area contributed by atoms with Gasteiger partial charge in [-0.2, -0.15) is 0 Å². The molecule has 1 saturated carbocycles. The Morgan fingerprint density at radius 1 is 1.17 bits per heavy atom. The van der Waals surface area contributed by atoms with Crippen molar-refractivity contribution in [3.8, 4) is 0 Å². The summed E-state index contributed by atoms with van der Waals surface area (Å²) in [5.74, 6) is -0.536. The zero-order valence-electron chi connectivity index (χ0n) is 18.4. The molecular weight excluding hydrogens is 378 g/mol. The molecule has 2 fully saturated rings. The number of hydrogen-bond acceptors (Lipinski definition) is 5. The summed E-state index contributed by atoms with van der Waals surface area (Å²) in [4.78, 5) is 14.7. The standard InChI is InChI=1S/C25H35NO4/c1-17(2)20-12-11-18(3)15-21(20)29-25(24(28)19-9-5-4-6-10-19)22(16-23(27)30-25)26-13-7-8-14-26/h4-6,9-10,16-18,20-21,24,28H,7-8,11-15H2,1-3H3/t18-,20+,21-,24+,25-/m1/s1. The molecule has 4 rings (SSSR count). The molecule has 30 heavy (non-hydrogen) atoms. The van der Waals surface area contributed by atoms with Crippen molar-refractivity contribution in [2.24, 2.45) is 17.8 Å². The van der Waals surface area contributed by atoms with E-state index in [0.717, 1.165) is 38.8 Å². The maximum absolute atomic E-state index is 12.6. The van der Waals surface area contributed by atoms with Crippen LogP contribution < -0.4 is 0 Å². The van der Waals surface area contributed by atoms with E-state index in [0.29, 0.717) is 29.0 Å². The Kier molecular flexibility index (Phi) is 6.21. The van der Waals surface area contributed by atoms with Crippen LogP contribution in [-0.2, 0) is 14.3 Å². The van der Waals surface area contributed by atoms with Gasteiger partial charge in [-0.3, -0.25) is 0 Å². The number of cyclic esters (lactones) is 1. The van der Waals surface area contributed by atoms with E-state index in [9.17, 15) is 9.90 Å². The third-order valence-corrected chi connectivity index (χ3v) is 7.07. The number of carbonyl (C=O) groups excluding carboxylic acids is 1. The molecule has 5 heteroatoms. The molecule has 1 N–H and O–H groups in total. The Bertz CT molecular complexity index is 771. The summed E-state index contributed by atoms with van der Waals surface area (Å²) in [5, 5.41) is 11.6. The lowest BCUT2D eigenvalue weighted by Crippen LogP contribution is -2.51. The molecular formula is C25H35NO4. The van der Waals surface area contributed by atoms with E-state index < -0.39 is 17.9 Å². The van der Waals surface area contributed by atoms with Crippen molar-refractivity contribution >= 4 is 5.97 Å². The minimum atomic E-state index is -1.49. The van der Waals surface area contributed by atoms with Crippen LogP contribution in [0, 0.1) is 17.8 Å². The highest BCUT2D eigenvalue weighted by Gasteiger charge is 2.56. The molecule has 2 aliphatic heterocycles. The Labute approximate surface area is 180 Å². The maximum Gasteiger partial charge on any atom is 0.335 e. The van der Waals surface area contributed by atoms with Crippen molar-refractivity contribution < 1.29 is 19.4 Å². The molecule has 1 saturated heterocycles. The van der Waals surface area contributed by atoms with Crippen molar-refractivity contribution in [1.29, 1.82) is 0 Å². The molecule has 164 valence electrons. The molecule has 1 aromatic carbocycles. The van der Waals surface area contributed by atoms with E-state index in [1.165, 1.54) is 12.5 Å². The number of aliphatic hydroxyl groups is 1. The van der Waals surface area contributed by atoms with Crippen molar-refractivity contribution in [3.05, 3.63) is 47.7 Å². The number of hydrogen-bond donors (Lipinski definition) is 1. The molecule has 3 aliphatic rings. The number of nitrogens with zero attached hydrogens (tertiary/aromatic N) is 1. The van der Waals surface area contributed by atoms with Gasteiger partial charge >= 0.3 is 5.97 Å². The predicted octanol–water partition coefficient (Wildman–Crippen LogP) is 4.43. The summed E-state index contributed by atoms with van der Waals surface area (Å²) >= 11 is 0. The third kappa shape index (κ3) is 4.02. The highest BCUT2D eigenvalue weighted by Crippen LogP contribution is 2.47. The average molecular weight is 414 g/mol. The van der Waals surface area contributed by atoms with Crippen LogP contribution in [0.4, 0.5) is 0 Å². The maximum atomic E-state index is 12.6. The number of aliphatic hydroxyl groups excluding tert-OH is 1. The monoisotopic (exact) mass is 413 g/mol. The first-order valence-electron chi connectivity index (χ1n) is 11.5. The van der Waals surface area contributed by atoms with Gasteiger partial charge in [-0.25, -0.2) is 4.79 Å². The fraction of sp³-hybridized carbons (Fsp3) is 0.640. The van der Waals surface area contributed by atoms with Gasteiger partial charge in [0.2, 0.25) is 0 Å². The second-order valence-corrected chi connectivity index (χ2v) is 9.61. The lowest BCUT2D eigenvalue weighted by atomic mass is 9.75. The second-order valence-electron chi connectivity index (χ2n) is 9.61. The average Bonchev–Trinajstić information content (AvgIpc) is 3.36. The molecule has 2 heterocycles. The summed E-state index contributed by atoms with van der Waals surface area (Å²) in [5.41, 5.74) is 1.38. The van der Waals surface area contributed by atoms with Crippen LogP contribution >= 0.6 is 0 Å². The Morgan fingerprint density at radius 2 is 1.87 bits per heavy atom. The summed E-state index contributed by atoms with van der Waals surface area (Å²) in [6, 6.07) is 9.43. The SMILES string of the molecule is CC(C)[C@@H]1CC[C@@H](C)C[C@H]1O[C@@]1([C@@H](O)c2ccccc2)OC(=O)C=C1N1CCCC1. The Balaban J connectivity index is 1.74. The van der Waals surface area contributed by atoms with Gasteiger partial charge in [-0.15, -0.1) is 0 Å². The van der Waals surface area contributed by atoms with Crippen molar-refractivity contribution in [2.75, 3.05) is 13.1 Å². The first-order chi connectivity index (χ1) is 14.4. The first-order valence-corrected chi connectivity index (χ1v) is 11.5. The van der Waals surface area contributed by atoms with Gasteiger partial charge < -0.3 is 19.5 Å². The van der Waals surface area contributed by atoms with E-state index in [4.69, 9.17) is 9.47 Å². The van der Waals surface area contributed by atoms with Crippen LogP contribution in [0.15, 0.2) is 42.1 Å². The molecule has 0 spiro atoms. The highest BCUT2D eigenvalue weighted by molar-refractivity contribution is 5.86. The summed E-state index contributed by atoms with van der Waals surface area (Å²) in [7, 11) is 0. The summed E-state index contributed by atoms with van der Waals surface area (Å²) in [6.45, 7) is 8.42. The molecule has 5 atom stereocenters. The van der Waals surface area contributed by atoms with Crippen LogP contribution in [0.5, 0.6) is 0 Å². The molecule has 0 aromatic heterocycles. The smallest absolute Gasteiger partial charge is 0.335 e. The number of carbonyl (C=O) groups is 1. The number of esters is 1. The van der Waals surface area contributed by atoms with Gasteiger partial charge in [0.15, 0.2) is 6.10 Å². The zero-order chi connectivity index (χ0) is 21.3. The summed E-state index contributed by atoms with van der Waals surface area (Å²) in [6.07, 6.45) is 5.72. The second kappa shape index (κ2) is 8.72. The van der Waals surface area contributed by atoms with Crippen molar-refractivity contribution in [1.82, 2.24) is 4.90 Å². The normalized spacial score (nSPS) is 33.0. The van der Waals surface area contributed by atoms with Gasteiger partial charge in [0.1, 0.15) is 0 Å². The number of benzene rings is 1. The minimum absolute atomic E-state index is 0.0657. The molecule has 0 amide bonds. The fourth-order valence-corrected chi connectivity index (χ4v) is 5.39. The van der Waals surface area contributed by atoms with Crippen LogP contribution in [-0.4, -0.2) is 41.0 Å². The Morgan fingerprint density at radius 3 is 2.53 bits per heavy atom. The van der Waals surface area contributed by atoms with Gasteiger partial charge in [-0.05, 0) is 49.0 Å². The van der Waals surface area contributed by atoms with Crippen molar-refractivity contribution in [2.45, 2.75) is 70.9 Å². The molecule has 5 nitrogen and oxygen atoms in total. The predicted molar refractivity (Wildman–Crippen MR) is 115 cm³/mol. The van der Waals surface area contributed by atoms with Crippen LogP contribution in [0.25, 0.3) is 0 Å². The minimum Gasteiger partial charge on any atom is -0.420 e. The van der Waals surface area contributed by atoms with Gasteiger partial charge in [0.05, 0.1) is 11.8 Å². The quantitative estimate of drug-likeness (QED) is 0.699. The Hall–Kier alpha value is -1.85. The molecule has 0 unspecified atom stereocenters. The molecule has 0 radical (unpaired) electrons. The fourth-order valence-electron chi connectivity index (χ4n) is 5.39. The zero-order valence-corrected chi connectivity index (χ0v) is 18.4. The summed E-state index contributed by atoms with van der Waals surface area (Å²) < 4.78 is 12.7. The molecule has 1 aromatic rings. The van der Waals surface area contributed by atoms with Crippen LogP contribution in [0.1, 0.15) is 64.5 Å². The van der Waals surface area contributed by atoms with E-state index in [1.54, 1.807) is 0 Å². The van der Waals surface area contributed by atoms with E-state index >= 15 is 0 Å². The lowest BCUT2D eigenvalue weighted by Gasteiger charge is -2.45. The van der Waals surface area contributed by atoms with E-state index in [1.807, 2.05) is 30.3 Å². The highest BCUT2D eigenvalue weighted by atomic mass is 16.7. The van der Waals surface area contributed by atoms with Gasteiger partial charge in [-0.1, -0.05) is 57.5 Å².